The van der Waals surface area contributed by atoms with Gasteiger partial charge < -0.3 is 5.11 Å². The van der Waals surface area contributed by atoms with Crippen molar-refractivity contribution in [3.05, 3.63) is 13.0 Å². The third-order valence-electron chi connectivity index (χ3n) is 0.154. The fraction of sp³-hybridized carbons (Fsp3) is 0.333. The monoisotopic (exact) mass is 76.0 g/mol. The zero-order chi connectivity index (χ0) is 4.28. The summed E-state index contributed by atoms with van der Waals surface area (Å²) in [5.41, 5.74) is 0. The first-order valence-corrected chi connectivity index (χ1v) is 1.20. The second-order valence-electron chi connectivity index (χ2n) is 0.700. The highest BCUT2D eigenvalue weighted by atomic mass is 19.1. The number of hydrogen-bond acceptors (Lipinski definition) is 1. The van der Waals surface area contributed by atoms with Crippen LogP contribution in [0.2, 0.25) is 0 Å². The van der Waals surface area contributed by atoms with E-state index >= 15 is 0 Å². The van der Waals surface area contributed by atoms with Crippen LogP contribution in [0.3, 0.4) is 0 Å². The molecule has 0 aliphatic heterocycles. The summed E-state index contributed by atoms with van der Waals surface area (Å²) in [5, 5.41) is 7.79. The molecular weight excluding hydrogens is 71.0 g/mol. The first-order valence-electron chi connectivity index (χ1n) is 1.20. The number of aliphatic hydroxyl groups excluding tert-OH is 1. The van der Waals surface area contributed by atoms with Crippen LogP contribution in [0.15, 0.2) is 0 Å². The summed E-state index contributed by atoms with van der Waals surface area (Å²) in [7, 11) is 0. The summed E-state index contributed by atoms with van der Waals surface area (Å²) < 4.78 is 10.8. The normalized spacial score (nSPS) is 9.60. The molecule has 2 radical (unpaired) electrons. The highest BCUT2D eigenvalue weighted by Gasteiger charge is 1.88. The molecule has 0 bridgehead atoms. The van der Waals surface area contributed by atoms with E-state index in [2.05, 4.69) is 6.92 Å². The molecule has 30 valence electrons. The number of hydrogen-bond donors (Lipinski definition) is 1. The number of aliphatic hydroxyl groups is 1. The second kappa shape index (κ2) is 2.15. The van der Waals surface area contributed by atoms with Crippen molar-refractivity contribution in [2.75, 3.05) is 6.67 Å². The van der Waals surface area contributed by atoms with Gasteiger partial charge in [0.25, 0.3) is 0 Å². The molecule has 2 heteroatoms. The van der Waals surface area contributed by atoms with Gasteiger partial charge in [0.05, 0.1) is 0 Å². The zero-order valence-corrected chi connectivity index (χ0v) is 2.74. The van der Waals surface area contributed by atoms with Gasteiger partial charge in [-0.05, 0) is 6.92 Å². The van der Waals surface area contributed by atoms with E-state index in [1.165, 1.54) is 0 Å². The predicted molar refractivity (Wildman–Crippen MR) is 16.5 cm³/mol. The average Bonchev–Trinajstić information content (AvgIpc) is 1.38. The Morgan fingerprint density at radius 3 is 2.20 bits per heavy atom. The van der Waals surface area contributed by atoms with Crippen molar-refractivity contribution in [3.8, 4) is 0 Å². The van der Waals surface area contributed by atoms with Crippen LogP contribution >= 0.6 is 0 Å². The van der Waals surface area contributed by atoms with Gasteiger partial charge in [0.15, 0.2) is 0 Å². The number of alkyl halides is 1. The summed E-state index contributed by atoms with van der Waals surface area (Å²) in [4.78, 5) is 0. The molecule has 0 amide bonds. The fourth-order valence-electron chi connectivity index (χ4n) is 0. The van der Waals surface area contributed by atoms with Crippen molar-refractivity contribution in [2.45, 2.75) is 0 Å². The van der Waals surface area contributed by atoms with E-state index in [0.29, 0.717) is 0 Å². The van der Waals surface area contributed by atoms with Crippen molar-refractivity contribution in [1.82, 2.24) is 0 Å². The molecule has 1 N–H and O–H groups in total. The lowest BCUT2D eigenvalue weighted by Gasteiger charge is -1.85. The average molecular weight is 76.1 g/mol. The van der Waals surface area contributed by atoms with Crippen LogP contribution in [0.25, 0.3) is 0 Å². The minimum absolute atomic E-state index is 0.412. The zero-order valence-electron chi connectivity index (χ0n) is 2.74. The Kier molecular flexibility index (Phi) is 2.10. The van der Waals surface area contributed by atoms with Crippen molar-refractivity contribution in [1.29, 1.82) is 0 Å². The van der Waals surface area contributed by atoms with E-state index in [9.17, 15) is 4.39 Å². The van der Waals surface area contributed by atoms with Gasteiger partial charge in [-0.1, -0.05) is 0 Å². The Morgan fingerprint density at radius 2 is 2.20 bits per heavy atom. The van der Waals surface area contributed by atoms with Crippen molar-refractivity contribution in [2.24, 2.45) is 0 Å². The maximum atomic E-state index is 10.8. The van der Waals surface area contributed by atoms with Crippen molar-refractivity contribution in [3.63, 3.8) is 0 Å². The van der Waals surface area contributed by atoms with E-state index in [4.69, 9.17) is 5.11 Å². The highest BCUT2D eigenvalue weighted by Crippen LogP contribution is 1.85. The molecule has 0 saturated heterocycles. The van der Waals surface area contributed by atoms with E-state index in [-0.39, 0.29) is 0 Å². The van der Waals surface area contributed by atoms with Gasteiger partial charge in [-0.15, -0.1) is 0 Å². The van der Waals surface area contributed by atoms with Gasteiger partial charge in [0, 0.05) is 0 Å². The quantitative estimate of drug-likeness (QED) is 0.487. The molecule has 5 heavy (non-hydrogen) atoms. The summed E-state index contributed by atoms with van der Waals surface area (Å²) in [6, 6.07) is 0. The van der Waals surface area contributed by atoms with E-state index in [1.54, 1.807) is 0 Å². The lowest BCUT2D eigenvalue weighted by Crippen LogP contribution is -1.87. The Hall–Kier alpha value is -0.110. The van der Waals surface area contributed by atoms with Crippen LogP contribution in [-0.2, 0) is 0 Å². The van der Waals surface area contributed by atoms with Crippen LogP contribution in [0.5, 0.6) is 0 Å². The highest BCUT2D eigenvalue weighted by molar-refractivity contribution is 4.75. The molecule has 0 aromatic carbocycles. The fourth-order valence-corrected chi connectivity index (χ4v) is 0. The summed E-state index contributed by atoms with van der Waals surface area (Å²) in [6.07, 6.45) is -0.412. The summed E-state index contributed by atoms with van der Waals surface area (Å²) in [5.74, 6) is 0. The molecule has 0 spiro atoms. The smallest absolute Gasteiger partial charge is 0.124 e. The topological polar surface area (TPSA) is 20.2 Å². The predicted octanol–water partition coefficient (Wildman–Crippen LogP) is 0.694. The maximum absolute atomic E-state index is 10.8. The molecule has 0 aliphatic rings. The van der Waals surface area contributed by atoms with Gasteiger partial charge >= 0.3 is 0 Å². The molecule has 0 aliphatic carbocycles. The van der Waals surface area contributed by atoms with Crippen LogP contribution in [0, 0.1) is 13.0 Å². The third-order valence-corrected chi connectivity index (χ3v) is 0.154. The van der Waals surface area contributed by atoms with Crippen molar-refractivity contribution >= 4 is 0 Å². The van der Waals surface area contributed by atoms with Gasteiger partial charge in [-0.3, -0.25) is 0 Å². The lowest BCUT2D eigenvalue weighted by atomic mass is 10.5. The number of halogens is 1. The van der Waals surface area contributed by atoms with Crippen LogP contribution in [-0.4, -0.2) is 11.8 Å². The van der Waals surface area contributed by atoms with E-state index < -0.39 is 12.8 Å². The molecule has 1 nitrogen and oxygen atoms in total. The summed E-state index contributed by atoms with van der Waals surface area (Å²) in [6.45, 7) is 2.02. The molecule has 0 fully saturated rings. The number of rotatable bonds is 1. The molecule has 0 rings (SSSR count). The standard InChI is InChI=1S/C3H5FO/c1-3(5)2-4/h5H,1-2H2. The summed E-state index contributed by atoms with van der Waals surface area (Å²) >= 11 is 0. The first-order chi connectivity index (χ1) is 2.27. The Balaban J connectivity index is 2.54. The SMILES string of the molecule is [CH2][C](O)CF. The maximum Gasteiger partial charge on any atom is 0.124 e. The molecule has 0 heterocycles. The second-order valence-corrected chi connectivity index (χ2v) is 0.700. The first kappa shape index (κ1) is 4.89. The largest absolute Gasteiger partial charge is 0.384 e. The van der Waals surface area contributed by atoms with Crippen molar-refractivity contribution < 1.29 is 9.50 Å². The van der Waals surface area contributed by atoms with Gasteiger partial charge in [0.2, 0.25) is 0 Å². The molecule has 0 aromatic heterocycles. The van der Waals surface area contributed by atoms with E-state index in [0.717, 1.165) is 0 Å². The third kappa shape index (κ3) is 3.89. The molecule has 0 atom stereocenters. The molecule has 0 unspecified atom stereocenters. The van der Waals surface area contributed by atoms with Crippen LogP contribution < -0.4 is 0 Å². The van der Waals surface area contributed by atoms with Crippen LogP contribution in [0.1, 0.15) is 0 Å². The van der Waals surface area contributed by atoms with Gasteiger partial charge in [-0.2, -0.15) is 0 Å². The van der Waals surface area contributed by atoms with Gasteiger partial charge in [-0.25, -0.2) is 4.39 Å². The minimum Gasteiger partial charge on any atom is -0.384 e. The minimum atomic E-state index is -0.833. The lowest BCUT2D eigenvalue weighted by molar-refractivity contribution is 0.280. The molecule has 0 aromatic rings. The molecular formula is C3H5FO. The Morgan fingerprint density at radius 1 is 2.00 bits per heavy atom. The Labute approximate surface area is 30.4 Å². The van der Waals surface area contributed by atoms with Gasteiger partial charge in [0.1, 0.15) is 12.8 Å². The molecule has 0 saturated carbocycles. The van der Waals surface area contributed by atoms with Crippen LogP contribution in [0.4, 0.5) is 4.39 Å². The Bertz CT molecular complexity index is 20.9. The van der Waals surface area contributed by atoms with E-state index in [1.807, 2.05) is 0 Å².